The van der Waals surface area contributed by atoms with Crippen molar-refractivity contribution < 1.29 is 19.0 Å². The van der Waals surface area contributed by atoms with E-state index < -0.39 is 0 Å². The first-order valence-corrected chi connectivity index (χ1v) is 8.28. The van der Waals surface area contributed by atoms with Crippen LogP contribution in [0.25, 0.3) is 0 Å². The van der Waals surface area contributed by atoms with Gasteiger partial charge in [0.15, 0.2) is 11.5 Å². The lowest BCUT2D eigenvalue weighted by atomic mass is 10.0. The average molecular weight is 323 g/mol. The summed E-state index contributed by atoms with van der Waals surface area (Å²) in [5, 5.41) is 0. The Kier molecular flexibility index (Phi) is 8.30. The summed E-state index contributed by atoms with van der Waals surface area (Å²) < 4.78 is 16.4. The molecular weight excluding hydrogens is 294 g/mol. The van der Waals surface area contributed by atoms with Crippen LogP contribution in [0.3, 0.4) is 0 Å². The minimum Gasteiger partial charge on any atom is -0.493 e. The number of ether oxygens (including phenoxy) is 3. The lowest BCUT2D eigenvalue weighted by molar-refractivity contribution is 0.0597. The van der Waals surface area contributed by atoms with E-state index in [-0.39, 0.29) is 12.2 Å². The summed E-state index contributed by atoms with van der Waals surface area (Å²) in [5.41, 5.74) is 0.927. The van der Waals surface area contributed by atoms with E-state index >= 15 is 0 Å². The number of unbranched alkanes of at least 4 members (excludes halogenated alkanes) is 1. The predicted octanol–water partition coefficient (Wildman–Crippen LogP) is 4.41. The second-order valence-electron chi connectivity index (χ2n) is 5.30. The van der Waals surface area contributed by atoms with Crippen molar-refractivity contribution in [3.8, 4) is 11.5 Å². The lowest BCUT2D eigenvalue weighted by Gasteiger charge is -2.24. The molecule has 0 heterocycles. The van der Waals surface area contributed by atoms with E-state index in [0.29, 0.717) is 24.6 Å². The van der Waals surface area contributed by atoms with Crippen LogP contribution >= 0.6 is 0 Å². The highest BCUT2D eigenvalue weighted by molar-refractivity contribution is 5.68. The standard InChI is InChI=1S/C18H29NO4/c1-6-9-10-15(23-18(20)19(7-2)8-3)14-11-12-16(21-4)17(13-14)22-5/h11-13,15H,6-10H2,1-5H3. The van der Waals surface area contributed by atoms with Crippen molar-refractivity contribution in [2.75, 3.05) is 27.3 Å². The molecule has 0 fully saturated rings. The fourth-order valence-electron chi connectivity index (χ4n) is 2.41. The Hall–Kier alpha value is -1.91. The van der Waals surface area contributed by atoms with Crippen molar-refractivity contribution in [2.45, 2.75) is 46.1 Å². The van der Waals surface area contributed by atoms with Gasteiger partial charge in [-0.15, -0.1) is 0 Å². The molecule has 1 aromatic carbocycles. The third-order valence-electron chi connectivity index (χ3n) is 3.86. The number of hydrogen-bond acceptors (Lipinski definition) is 4. The minimum absolute atomic E-state index is 0.272. The van der Waals surface area contributed by atoms with Crippen LogP contribution in [0.1, 0.15) is 51.7 Å². The number of methoxy groups -OCH3 is 2. The molecule has 23 heavy (non-hydrogen) atoms. The van der Waals surface area contributed by atoms with Gasteiger partial charge in [-0.25, -0.2) is 4.79 Å². The van der Waals surface area contributed by atoms with E-state index in [1.54, 1.807) is 19.1 Å². The van der Waals surface area contributed by atoms with Crippen molar-refractivity contribution in [1.82, 2.24) is 4.90 Å². The molecule has 1 atom stereocenters. The monoisotopic (exact) mass is 323 g/mol. The molecule has 5 heteroatoms. The molecule has 0 aliphatic heterocycles. The van der Waals surface area contributed by atoms with Gasteiger partial charge in [0.1, 0.15) is 6.10 Å². The molecule has 0 aromatic heterocycles. The zero-order valence-corrected chi connectivity index (χ0v) is 14.9. The van der Waals surface area contributed by atoms with Gasteiger partial charge in [0.2, 0.25) is 0 Å². The topological polar surface area (TPSA) is 48.0 Å². The maximum absolute atomic E-state index is 12.3. The first-order valence-electron chi connectivity index (χ1n) is 8.28. The van der Waals surface area contributed by atoms with Crippen LogP contribution in [0.4, 0.5) is 4.79 Å². The first-order chi connectivity index (χ1) is 11.1. The average Bonchev–Trinajstić information content (AvgIpc) is 2.58. The third kappa shape index (κ3) is 5.34. The molecule has 1 unspecified atom stereocenters. The van der Waals surface area contributed by atoms with Gasteiger partial charge in [0.25, 0.3) is 0 Å². The smallest absolute Gasteiger partial charge is 0.410 e. The summed E-state index contributed by atoms with van der Waals surface area (Å²) in [5.74, 6) is 1.31. The van der Waals surface area contributed by atoms with Gasteiger partial charge in [0, 0.05) is 13.1 Å². The number of rotatable bonds is 9. The van der Waals surface area contributed by atoms with E-state index in [1.807, 2.05) is 32.0 Å². The van der Waals surface area contributed by atoms with Gasteiger partial charge in [-0.05, 0) is 44.4 Å². The summed E-state index contributed by atoms with van der Waals surface area (Å²) >= 11 is 0. The normalized spacial score (nSPS) is 11.7. The van der Waals surface area contributed by atoms with Crippen molar-refractivity contribution in [2.24, 2.45) is 0 Å². The van der Waals surface area contributed by atoms with Crippen molar-refractivity contribution in [3.05, 3.63) is 23.8 Å². The Morgan fingerprint density at radius 3 is 2.26 bits per heavy atom. The van der Waals surface area contributed by atoms with E-state index in [2.05, 4.69) is 6.92 Å². The Bertz CT molecular complexity index is 486. The van der Waals surface area contributed by atoms with Crippen molar-refractivity contribution in [3.63, 3.8) is 0 Å². The number of carbonyl (C=O) groups excluding carboxylic acids is 1. The van der Waals surface area contributed by atoms with Gasteiger partial charge >= 0.3 is 6.09 Å². The second kappa shape index (κ2) is 9.98. The first kappa shape index (κ1) is 19.1. The predicted molar refractivity (Wildman–Crippen MR) is 91.2 cm³/mol. The van der Waals surface area contributed by atoms with Gasteiger partial charge in [-0.3, -0.25) is 0 Å². The Morgan fingerprint density at radius 1 is 1.09 bits per heavy atom. The Morgan fingerprint density at radius 2 is 1.74 bits per heavy atom. The quantitative estimate of drug-likeness (QED) is 0.675. The summed E-state index contributed by atoms with van der Waals surface area (Å²) in [4.78, 5) is 14.0. The zero-order chi connectivity index (χ0) is 17.2. The number of hydrogen-bond donors (Lipinski definition) is 0. The molecular formula is C18H29NO4. The molecule has 0 spiro atoms. The molecule has 0 saturated heterocycles. The van der Waals surface area contributed by atoms with Crippen LogP contribution in [-0.4, -0.2) is 38.3 Å². The molecule has 0 radical (unpaired) electrons. The number of carbonyl (C=O) groups is 1. The lowest BCUT2D eigenvalue weighted by Crippen LogP contribution is -2.32. The molecule has 0 aliphatic carbocycles. The maximum Gasteiger partial charge on any atom is 0.410 e. The number of benzene rings is 1. The highest BCUT2D eigenvalue weighted by atomic mass is 16.6. The van der Waals surface area contributed by atoms with Gasteiger partial charge in [-0.2, -0.15) is 0 Å². The number of amides is 1. The van der Waals surface area contributed by atoms with Gasteiger partial charge < -0.3 is 19.1 Å². The van der Waals surface area contributed by atoms with Crippen LogP contribution in [-0.2, 0) is 4.74 Å². The van der Waals surface area contributed by atoms with Crippen LogP contribution in [0, 0.1) is 0 Å². The fraction of sp³-hybridized carbons (Fsp3) is 0.611. The van der Waals surface area contributed by atoms with Gasteiger partial charge in [-0.1, -0.05) is 19.4 Å². The Balaban J connectivity index is 2.99. The largest absolute Gasteiger partial charge is 0.493 e. The van der Waals surface area contributed by atoms with Crippen LogP contribution in [0.15, 0.2) is 18.2 Å². The molecule has 0 saturated carbocycles. The molecule has 0 bridgehead atoms. The molecule has 0 aliphatic rings. The molecule has 130 valence electrons. The molecule has 1 amide bonds. The molecule has 1 rings (SSSR count). The summed E-state index contributed by atoms with van der Waals surface area (Å²) in [6, 6.07) is 5.66. The SMILES string of the molecule is CCCCC(OC(=O)N(CC)CC)c1ccc(OC)c(OC)c1. The summed E-state index contributed by atoms with van der Waals surface area (Å²) in [6.07, 6.45) is 2.28. The van der Waals surface area contributed by atoms with E-state index in [0.717, 1.165) is 24.8 Å². The molecule has 5 nitrogen and oxygen atoms in total. The highest BCUT2D eigenvalue weighted by Gasteiger charge is 2.21. The number of nitrogens with zero attached hydrogens (tertiary/aromatic N) is 1. The van der Waals surface area contributed by atoms with Gasteiger partial charge in [0.05, 0.1) is 14.2 Å². The van der Waals surface area contributed by atoms with E-state index in [4.69, 9.17) is 14.2 Å². The molecule has 0 N–H and O–H groups in total. The maximum atomic E-state index is 12.3. The molecule has 1 aromatic rings. The zero-order valence-electron chi connectivity index (χ0n) is 14.9. The Labute approximate surface area is 139 Å². The minimum atomic E-state index is -0.275. The third-order valence-corrected chi connectivity index (χ3v) is 3.86. The summed E-state index contributed by atoms with van der Waals surface area (Å²) in [6.45, 7) is 7.30. The van der Waals surface area contributed by atoms with Crippen molar-refractivity contribution >= 4 is 6.09 Å². The summed E-state index contributed by atoms with van der Waals surface area (Å²) in [7, 11) is 3.21. The van der Waals surface area contributed by atoms with E-state index in [9.17, 15) is 4.79 Å². The van der Waals surface area contributed by atoms with E-state index in [1.165, 1.54) is 0 Å². The second-order valence-corrected chi connectivity index (χ2v) is 5.30. The van der Waals surface area contributed by atoms with Crippen LogP contribution in [0.5, 0.6) is 11.5 Å². The van der Waals surface area contributed by atoms with Crippen LogP contribution in [0.2, 0.25) is 0 Å². The van der Waals surface area contributed by atoms with Crippen LogP contribution < -0.4 is 9.47 Å². The van der Waals surface area contributed by atoms with Crippen molar-refractivity contribution in [1.29, 1.82) is 0 Å². The fourth-order valence-corrected chi connectivity index (χ4v) is 2.41. The highest BCUT2D eigenvalue weighted by Crippen LogP contribution is 2.33.